The highest BCUT2D eigenvalue weighted by molar-refractivity contribution is 7.92. The van der Waals surface area contributed by atoms with Crippen molar-refractivity contribution in [2.75, 3.05) is 23.3 Å². The summed E-state index contributed by atoms with van der Waals surface area (Å²) in [4.78, 5) is 18.8. The van der Waals surface area contributed by atoms with E-state index in [9.17, 15) is 35.9 Å². The van der Waals surface area contributed by atoms with E-state index < -0.39 is 81.3 Å². The molecule has 2 aliphatic rings. The molecule has 1 fully saturated rings. The molecule has 58 heavy (non-hydrogen) atoms. The number of rotatable bonds is 11. The molecule has 20 heteroatoms. The van der Waals surface area contributed by atoms with Gasteiger partial charge in [-0.2, -0.15) is 19.0 Å². The zero-order valence-electron chi connectivity index (χ0n) is 31.4. The number of aromatic nitrogens is 5. The lowest BCUT2D eigenvalue weighted by Gasteiger charge is -2.24. The predicted molar refractivity (Wildman–Crippen MR) is 203 cm³/mol. The summed E-state index contributed by atoms with van der Waals surface area (Å²) < 4.78 is 117. The standard InChI is InChI=1S/C38H35ClF6N8O4S/c1-37(2,55)9-8-25-26(46-3)15-21(20-6-7-24(39)30-33(20)52(4)50-36(30)51-58(5,56)57)31(48-25)27(12-17-10-18(40)13-19(41)11-17)47-28(54)16-53-34-29(32(49-53)35(42)43)22-14-23(22)38(34,44)45/h6-7,10-11,13,15,22-23,27,35,46,55H,12,14,16H2,1-5H3,(H,47,54)(H,50,51)/t22-,23+,27-/m0/s1. The van der Waals surface area contributed by atoms with Gasteiger partial charge in [0.1, 0.15) is 40.9 Å². The fraction of sp³-hybridized carbons (Fsp3) is 0.368. The number of halogens is 7. The number of hydrogen-bond acceptors (Lipinski definition) is 8. The van der Waals surface area contributed by atoms with Gasteiger partial charge in [-0.3, -0.25) is 18.9 Å². The first-order valence-electron chi connectivity index (χ1n) is 17.7. The Morgan fingerprint density at radius 3 is 2.41 bits per heavy atom. The quantitative estimate of drug-likeness (QED) is 0.0863. The van der Waals surface area contributed by atoms with Crippen LogP contribution in [0.2, 0.25) is 5.02 Å². The van der Waals surface area contributed by atoms with Gasteiger partial charge in [0.2, 0.25) is 15.9 Å². The number of aliphatic hydroxyl groups is 1. The normalized spacial score (nSPS) is 17.4. The van der Waals surface area contributed by atoms with Crippen LogP contribution in [0.5, 0.6) is 0 Å². The Morgan fingerprint density at radius 2 is 1.79 bits per heavy atom. The van der Waals surface area contributed by atoms with Crippen LogP contribution in [-0.4, -0.2) is 62.9 Å². The number of nitrogens with zero attached hydrogens (tertiary/aromatic N) is 5. The molecule has 1 saturated carbocycles. The number of sulfonamides is 1. The maximum atomic E-state index is 15.4. The first kappa shape index (κ1) is 40.9. The van der Waals surface area contributed by atoms with Gasteiger partial charge in [-0.05, 0) is 68.4 Å². The average molecular weight is 849 g/mol. The molecule has 0 spiro atoms. The summed E-state index contributed by atoms with van der Waals surface area (Å²) in [6.07, 6.45) is -2.60. The number of alkyl halides is 4. The highest BCUT2D eigenvalue weighted by Crippen LogP contribution is 2.68. The molecule has 2 aliphatic carbocycles. The lowest BCUT2D eigenvalue weighted by Crippen LogP contribution is -2.35. The molecular formula is C38H35ClF6N8O4S. The SMILES string of the molecule is CNc1cc(-c2ccc(Cl)c3c(NS(C)(=O)=O)nn(C)c23)c([C@H](Cc2cc(F)cc(F)c2)NC(=O)Cn2nc(C(F)F)c3c2C(F)(F)[C@@H]2C[C@H]32)nc1C#CC(C)(C)O. The number of amides is 1. The first-order chi connectivity index (χ1) is 27.1. The van der Waals surface area contributed by atoms with Gasteiger partial charge in [0.15, 0.2) is 5.82 Å². The summed E-state index contributed by atoms with van der Waals surface area (Å²) in [5.41, 5.74) is -2.10. The molecule has 0 radical (unpaired) electrons. The van der Waals surface area contributed by atoms with E-state index in [1.165, 1.54) is 31.6 Å². The number of benzene rings is 2. The van der Waals surface area contributed by atoms with Gasteiger partial charge >= 0.3 is 0 Å². The van der Waals surface area contributed by atoms with Crippen LogP contribution in [0.1, 0.15) is 72.6 Å². The number of fused-ring (bicyclic) bond motifs is 4. The molecule has 5 aromatic rings. The van der Waals surface area contributed by atoms with Crippen LogP contribution < -0.4 is 15.4 Å². The summed E-state index contributed by atoms with van der Waals surface area (Å²) >= 11 is 6.62. The number of anilines is 2. The third kappa shape index (κ3) is 7.79. The van der Waals surface area contributed by atoms with Crippen LogP contribution in [0.4, 0.5) is 37.8 Å². The molecule has 3 aromatic heterocycles. The van der Waals surface area contributed by atoms with Gasteiger partial charge < -0.3 is 15.7 Å². The highest BCUT2D eigenvalue weighted by atomic mass is 35.5. The Balaban J connectivity index is 1.43. The number of pyridine rings is 1. The summed E-state index contributed by atoms with van der Waals surface area (Å²) in [6, 6.07) is 5.97. The van der Waals surface area contributed by atoms with Crippen molar-refractivity contribution in [2.24, 2.45) is 13.0 Å². The number of carbonyl (C=O) groups excluding carboxylic acids is 1. The first-order valence-corrected chi connectivity index (χ1v) is 20.0. The Kier molecular flexibility index (Phi) is 10.2. The van der Waals surface area contributed by atoms with Gasteiger partial charge in [0.05, 0.1) is 39.6 Å². The predicted octanol–water partition coefficient (Wildman–Crippen LogP) is 6.55. The molecule has 0 bridgehead atoms. The lowest BCUT2D eigenvalue weighted by molar-refractivity contribution is -0.123. The van der Waals surface area contributed by atoms with Crippen LogP contribution in [0.3, 0.4) is 0 Å². The lowest BCUT2D eigenvalue weighted by atomic mass is 9.93. The monoisotopic (exact) mass is 848 g/mol. The fourth-order valence-corrected chi connectivity index (χ4v) is 8.22. The molecular weight excluding hydrogens is 814 g/mol. The summed E-state index contributed by atoms with van der Waals surface area (Å²) in [5.74, 6) is -2.99. The van der Waals surface area contributed by atoms with Crippen LogP contribution in [0.25, 0.3) is 22.0 Å². The van der Waals surface area contributed by atoms with E-state index in [-0.39, 0.29) is 62.7 Å². The molecule has 7 rings (SSSR count). The van der Waals surface area contributed by atoms with Crippen LogP contribution in [0, 0.1) is 29.4 Å². The smallest absolute Gasteiger partial charge is 0.293 e. The zero-order chi connectivity index (χ0) is 42.2. The molecule has 4 N–H and O–H groups in total. The molecule has 3 atom stereocenters. The summed E-state index contributed by atoms with van der Waals surface area (Å²) in [5, 5.41) is 24.5. The van der Waals surface area contributed by atoms with E-state index in [0.717, 1.165) is 18.4 Å². The Hall–Kier alpha value is -5.32. The second-order valence-electron chi connectivity index (χ2n) is 14.8. The number of aryl methyl sites for hydroxylation is 1. The third-order valence-electron chi connectivity index (χ3n) is 9.81. The van der Waals surface area contributed by atoms with Crippen LogP contribution in [0.15, 0.2) is 36.4 Å². The minimum atomic E-state index is -3.85. The minimum absolute atomic E-state index is 0.00467. The second kappa shape index (κ2) is 14.5. The molecule has 0 unspecified atom stereocenters. The second-order valence-corrected chi connectivity index (χ2v) is 17.0. The molecule has 1 amide bonds. The number of carbonyl (C=O) groups is 1. The summed E-state index contributed by atoms with van der Waals surface area (Å²) in [7, 11) is -0.760. The zero-order valence-corrected chi connectivity index (χ0v) is 32.9. The van der Waals surface area contributed by atoms with Gasteiger partial charge in [0, 0.05) is 42.8 Å². The van der Waals surface area contributed by atoms with Crippen molar-refractivity contribution < 1.29 is 44.7 Å². The number of hydrogen-bond donors (Lipinski definition) is 4. The molecule has 2 aromatic carbocycles. The fourth-order valence-electron chi connectivity index (χ4n) is 7.48. The third-order valence-corrected chi connectivity index (χ3v) is 10.7. The van der Waals surface area contributed by atoms with Crippen molar-refractivity contribution in [3.05, 3.63) is 87.0 Å². The molecule has 306 valence electrons. The molecule has 0 aliphatic heterocycles. The van der Waals surface area contributed by atoms with Crippen molar-refractivity contribution in [3.63, 3.8) is 0 Å². The number of nitrogens with one attached hydrogen (secondary N) is 3. The van der Waals surface area contributed by atoms with E-state index in [0.29, 0.717) is 22.0 Å². The maximum absolute atomic E-state index is 15.4. The van der Waals surface area contributed by atoms with Gasteiger partial charge in [-0.1, -0.05) is 23.6 Å². The van der Waals surface area contributed by atoms with Gasteiger partial charge in [0.25, 0.3) is 12.3 Å². The van der Waals surface area contributed by atoms with Crippen molar-refractivity contribution in [2.45, 2.75) is 63.1 Å². The summed E-state index contributed by atoms with van der Waals surface area (Å²) in [6.45, 7) is 1.94. The Labute approximate surface area is 333 Å². The van der Waals surface area contributed by atoms with Crippen molar-refractivity contribution >= 4 is 49.9 Å². The van der Waals surface area contributed by atoms with Crippen molar-refractivity contribution in [3.8, 4) is 23.0 Å². The van der Waals surface area contributed by atoms with Crippen molar-refractivity contribution in [1.29, 1.82) is 0 Å². The Bertz CT molecular complexity index is 2670. The van der Waals surface area contributed by atoms with Crippen LogP contribution >= 0.6 is 11.6 Å². The van der Waals surface area contributed by atoms with E-state index in [1.807, 2.05) is 0 Å². The highest BCUT2D eigenvalue weighted by Gasteiger charge is 2.67. The largest absolute Gasteiger partial charge is 0.386 e. The van der Waals surface area contributed by atoms with Crippen molar-refractivity contribution in [1.82, 2.24) is 29.9 Å². The van der Waals surface area contributed by atoms with E-state index in [2.05, 4.69) is 37.4 Å². The molecule has 3 heterocycles. The van der Waals surface area contributed by atoms with E-state index in [4.69, 9.17) is 16.6 Å². The topological polar surface area (TPSA) is 156 Å². The van der Waals surface area contributed by atoms with E-state index in [1.54, 1.807) is 19.2 Å². The Morgan fingerprint density at radius 1 is 1.10 bits per heavy atom. The van der Waals surface area contributed by atoms with Gasteiger partial charge in [-0.15, -0.1) is 0 Å². The van der Waals surface area contributed by atoms with Crippen LogP contribution in [-0.2, 0) is 40.8 Å². The van der Waals surface area contributed by atoms with Gasteiger partial charge in [-0.25, -0.2) is 31.0 Å². The van der Waals surface area contributed by atoms with E-state index >= 15 is 8.78 Å². The molecule has 0 saturated heterocycles. The molecule has 12 nitrogen and oxygen atoms in total. The maximum Gasteiger partial charge on any atom is 0.293 e. The average Bonchev–Trinajstić information content (AvgIpc) is 3.65. The minimum Gasteiger partial charge on any atom is -0.386 e.